The van der Waals surface area contributed by atoms with Crippen molar-refractivity contribution in [2.75, 3.05) is 12.4 Å². The number of likely N-dealkylation sites (tertiary alicyclic amines) is 1. The molecule has 1 aromatic heterocycles. The molecule has 0 aliphatic carbocycles. The Hall–Kier alpha value is -3.36. The predicted molar refractivity (Wildman–Crippen MR) is 123 cm³/mol. The highest BCUT2D eigenvalue weighted by Crippen LogP contribution is 2.39. The van der Waals surface area contributed by atoms with Crippen LogP contribution in [0.25, 0.3) is 11.0 Å². The van der Waals surface area contributed by atoms with Crippen molar-refractivity contribution < 1.29 is 22.8 Å². The first-order valence-corrected chi connectivity index (χ1v) is 11.3. The molecule has 34 heavy (non-hydrogen) atoms. The second-order valence-electron chi connectivity index (χ2n) is 8.90. The van der Waals surface area contributed by atoms with Gasteiger partial charge in [0, 0.05) is 25.6 Å². The number of nitrogens with zero attached hydrogens (tertiary/aromatic N) is 3. The molecule has 0 bridgehead atoms. The van der Waals surface area contributed by atoms with E-state index in [0.29, 0.717) is 24.9 Å². The summed E-state index contributed by atoms with van der Waals surface area (Å²) in [7, 11) is 1.79. The average molecular weight is 473 g/mol. The fourth-order valence-electron chi connectivity index (χ4n) is 4.41. The van der Waals surface area contributed by atoms with Crippen molar-refractivity contribution in [3.63, 3.8) is 0 Å². The normalized spacial score (nSPS) is 18.6. The topological polar surface area (TPSA) is 67.2 Å². The summed E-state index contributed by atoms with van der Waals surface area (Å²) in [5.74, 6) is -0.290. The van der Waals surface area contributed by atoms with Gasteiger partial charge in [0.05, 0.1) is 22.1 Å². The maximum atomic E-state index is 13.1. The van der Waals surface area contributed by atoms with Crippen LogP contribution in [0.5, 0.6) is 0 Å². The quantitative estimate of drug-likeness (QED) is 0.510. The number of imidazole rings is 1. The molecule has 2 heterocycles. The minimum absolute atomic E-state index is 0.0881. The van der Waals surface area contributed by atoms with Crippen LogP contribution in [0, 0.1) is 0 Å². The van der Waals surface area contributed by atoms with Crippen LogP contribution in [-0.2, 0) is 23.1 Å². The number of carbonyl (C=O) groups excluding carboxylic acids is 2. The zero-order chi connectivity index (χ0) is 24.7. The summed E-state index contributed by atoms with van der Waals surface area (Å²) in [6.07, 6.45) is -1.60. The van der Waals surface area contributed by atoms with Gasteiger partial charge in [-0.15, -0.1) is 0 Å². The molecule has 0 spiro atoms. The van der Waals surface area contributed by atoms with Crippen LogP contribution in [0.4, 0.5) is 19.1 Å². The number of amides is 2. The molecule has 1 atom stereocenters. The molecule has 1 fully saturated rings. The molecule has 1 aliphatic rings. The van der Waals surface area contributed by atoms with Gasteiger partial charge in [0.2, 0.25) is 11.9 Å². The van der Waals surface area contributed by atoms with Crippen molar-refractivity contribution in [2.24, 2.45) is 0 Å². The van der Waals surface area contributed by atoms with Crippen LogP contribution in [0.1, 0.15) is 61.0 Å². The number of anilines is 1. The molecule has 2 aromatic carbocycles. The molecular formula is C25H27F3N4O2. The maximum absolute atomic E-state index is 13.1. The summed E-state index contributed by atoms with van der Waals surface area (Å²) in [6, 6.07) is 10.1. The molecule has 1 saturated heterocycles. The Morgan fingerprint density at radius 3 is 2.62 bits per heavy atom. The number of halogens is 3. The van der Waals surface area contributed by atoms with Crippen LogP contribution in [-0.4, -0.2) is 33.3 Å². The van der Waals surface area contributed by atoms with Gasteiger partial charge in [-0.3, -0.25) is 14.9 Å². The highest BCUT2D eigenvalue weighted by atomic mass is 19.4. The molecule has 4 rings (SSSR count). The maximum Gasteiger partial charge on any atom is 0.416 e. The van der Waals surface area contributed by atoms with Gasteiger partial charge in [0.25, 0.3) is 5.91 Å². The third-order valence-corrected chi connectivity index (χ3v) is 6.72. The van der Waals surface area contributed by atoms with E-state index < -0.39 is 23.2 Å². The van der Waals surface area contributed by atoms with Crippen molar-refractivity contribution in [2.45, 2.75) is 57.8 Å². The number of aryl methyl sites for hydroxylation is 1. The SMILES string of the molecule is CCCCn1c(NC(=O)c2cccc(C(F)(F)F)c2)nc2cc(C3(C)CCC(=O)N3C)ccc21. The summed E-state index contributed by atoms with van der Waals surface area (Å²) in [5, 5.41) is 2.70. The fraction of sp³-hybridized carbons (Fsp3) is 0.400. The molecule has 3 aromatic rings. The summed E-state index contributed by atoms with van der Waals surface area (Å²) in [4.78, 5) is 31.3. The van der Waals surface area contributed by atoms with Crippen LogP contribution in [0.15, 0.2) is 42.5 Å². The zero-order valence-electron chi connectivity index (χ0n) is 19.4. The second-order valence-corrected chi connectivity index (χ2v) is 8.90. The third kappa shape index (κ3) is 4.26. The van der Waals surface area contributed by atoms with Crippen LogP contribution in [0.2, 0.25) is 0 Å². The van der Waals surface area contributed by atoms with Gasteiger partial charge in [-0.05, 0) is 55.7 Å². The largest absolute Gasteiger partial charge is 0.416 e. The highest BCUT2D eigenvalue weighted by molar-refractivity contribution is 6.04. The molecule has 180 valence electrons. The Labute approximate surface area is 195 Å². The van der Waals surface area contributed by atoms with Gasteiger partial charge < -0.3 is 9.47 Å². The number of nitrogens with one attached hydrogen (secondary N) is 1. The monoisotopic (exact) mass is 472 g/mol. The standard InChI is InChI=1S/C25H27F3N4O2/c1-4-5-13-32-20-10-9-17(24(2)12-11-21(33)31(24)3)15-19(20)29-23(32)30-22(34)16-7-6-8-18(14-16)25(26,27)28/h6-10,14-15H,4-5,11-13H2,1-3H3,(H,29,30,34). The molecule has 0 radical (unpaired) electrons. The lowest BCUT2D eigenvalue weighted by atomic mass is 9.89. The molecule has 0 saturated carbocycles. The lowest BCUT2D eigenvalue weighted by Crippen LogP contribution is -2.37. The Morgan fingerprint density at radius 1 is 1.21 bits per heavy atom. The summed E-state index contributed by atoms with van der Waals surface area (Å²) < 4.78 is 41.1. The minimum atomic E-state index is -4.54. The molecular weight excluding hydrogens is 445 g/mol. The average Bonchev–Trinajstić information content (AvgIpc) is 3.28. The van der Waals surface area contributed by atoms with E-state index in [1.807, 2.05) is 36.6 Å². The number of rotatable bonds is 6. The van der Waals surface area contributed by atoms with E-state index in [9.17, 15) is 22.8 Å². The first-order chi connectivity index (χ1) is 16.0. The van der Waals surface area contributed by atoms with Crippen LogP contribution < -0.4 is 5.32 Å². The minimum Gasteiger partial charge on any atom is -0.336 e. The molecule has 6 nitrogen and oxygen atoms in total. The van der Waals surface area contributed by atoms with E-state index in [-0.39, 0.29) is 17.4 Å². The predicted octanol–water partition coefficient (Wildman–Crippen LogP) is 5.57. The number of hydrogen-bond donors (Lipinski definition) is 1. The van der Waals surface area contributed by atoms with E-state index in [4.69, 9.17) is 0 Å². The number of aromatic nitrogens is 2. The Morgan fingerprint density at radius 2 is 1.97 bits per heavy atom. The summed E-state index contributed by atoms with van der Waals surface area (Å²) in [6.45, 7) is 4.66. The van der Waals surface area contributed by atoms with Crippen molar-refractivity contribution in [3.8, 4) is 0 Å². The second kappa shape index (κ2) is 8.77. The van der Waals surface area contributed by atoms with Gasteiger partial charge in [-0.2, -0.15) is 13.2 Å². The molecule has 1 aliphatic heterocycles. The molecule has 2 amide bonds. The highest BCUT2D eigenvalue weighted by Gasteiger charge is 2.40. The number of hydrogen-bond acceptors (Lipinski definition) is 3. The van der Waals surface area contributed by atoms with Gasteiger partial charge in [0.1, 0.15) is 0 Å². The van der Waals surface area contributed by atoms with Gasteiger partial charge in [-0.1, -0.05) is 25.5 Å². The lowest BCUT2D eigenvalue weighted by molar-refractivity contribution is -0.137. The Kier molecular flexibility index (Phi) is 6.14. The first-order valence-electron chi connectivity index (χ1n) is 11.3. The van der Waals surface area contributed by atoms with E-state index >= 15 is 0 Å². The van der Waals surface area contributed by atoms with E-state index in [2.05, 4.69) is 10.3 Å². The van der Waals surface area contributed by atoms with Crippen molar-refractivity contribution >= 4 is 28.8 Å². The zero-order valence-corrected chi connectivity index (χ0v) is 19.4. The Bertz CT molecular complexity index is 1250. The van der Waals surface area contributed by atoms with Gasteiger partial charge >= 0.3 is 6.18 Å². The van der Waals surface area contributed by atoms with Gasteiger partial charge in [0.15, 0.2) is 0 Å². The number of benzene rings is 2. The molecule has 1 N–H and O–H groups in total. The van der Waals surface area contributed by atoms with Gasteiger partial charge in [-0.25, -0.2) is 4.98 Å². The Balaban J connectivity index is 1.70. The van der Waals surface area contributed by atoms with E-state index in [1.165, 1.54) is 12.1 Å². The number of alkyl halides is 3. The van der Waals surface area contributed by atoms with Crippen LogP contribution in [0.3, 0.4) is 0 Å². The first kappa shape index (κ1) is 23.8. The molecule has 1 unspecified atom stereocenters. The summed E-state index contributed by atoms with van der Waals surface area (Å²) >= 11 is 0. The van der Waals surface area contributed by atoms with Crippen LogP contribution >= 0.6 is 0 Å². The lowest BCUT2D eigenvalue weighted by Gasteiger charge is -2.32. The van der Waals surface area contributed by atoms with Crippen molar-refractivity contribution in [1.29, 1.82) is 0 Å². The molecule has 9 heteroatoms. The number of carbonyl (C=O) groups is 2. The summed E-state index contributed by atoms with van der Waals surface area (Å²) in [5.41, 5.74) is 0.995. The smallest absolute Gasteiger partial charge is 0.336 e. The fourth-order valence-corrected chi connectivity index (χ4v) is 4.41. The van der Waals surface area contributed by atoms with E-state index in [1.54, 1.807) is 11.9 Å². The number of fused-ring (bicyclic) bond motifs is 1. The van der Waals surface area contributed by atoms with Crippen molar-refractivity contribution in [3.05, 3.63) is 59.2 Å². The number of unbranched alkanes of at least 4 members (excludes halogenated alkanes) is 1. The van der Waals surface area contributed by atoms with Crippen molar-refractivity contribution in [1.82, 2.24) is 14.5 Å². The van der Waals surface area contributed by atoms with E-state index in [0.717, 1.165) is 36.1 Å². The third-order valence-electron chi connectivity index (χ3n) is 6.72.